The fourth-order valence-corrected chi connectivity index (χ4v) is 2.11. The Kier molecular flexibility index (Phi) is 5.40. The Morgan fingerprint density at radius 2 is 2.00 bits per heavy atom. The number of nitrogens with one attached hydrogen (secondary N) is 1. The van der Waals surface area contributed by atoms with Gasteiger partial charge in [-0.25, -0.2) is 4.79 Å². The first-order chi connectivity index (χ1) is 7.92. The lowest BCUT2D eigenvalue weighted by atomic mass is 9.95. The molecular formula is C13H25NO3. The van der Waals surface area contributed by atoms with Crippen molar-refractivity contribution in [2.24, 2.45) is 0 Å². The van der Waals surface area contributed by atoms with Crippen LogP contribution in [-0.4, -0.2) is 35.4 Å². The summed E-state index contributed by atoms with van der Waals surface area (Å²) in [7, 11) is 0. The van der Waals surface area contributed by atoms with Gasteiger partial charge in [0.05, 0.1) is 6.61 Å². The van der Waals surface area contributed by atoms with Crippen LogP contribution in [0.4, 0.5) is 0 Å². The van der Waals surface area contributed by atoms with Gasteiger partial charge >= 0.3 is 5.97 Å². The molecule has 0 amide bonds. The van der Waals surface area contributed by atoms with Crippen LogP contribution in [0.25, 0.3) is 0 Å². The van der Waals surface area contributed by atoms with E-state index in [1.165, 1.54) is 32.1 Å². The predicted molar refractivity (Wildman–Crippen MR) is 67.1 cm³/mol. The largest absolute Gasteiger partial charge is 0.479 e. The number of rotatable bonds is 6. The Morgan fingerprint density at radius 1 is 1.41 bits per heavy atom. The molecule has 0 bridgehead atoms. The molecule has 0 saturated heterocycles. The van der Waals surface area contributed by atoms with Crippen molar-refractivity contribution >= 4 is 5.97 Å². The number of ether oxygens (including phenoxy) is 1. The van der Waals surface area contributed by atoms with E-state index in [9.17, 15) is 4.79 Å². The van der Waals surface area contributed by atoms with E-state index in [1.807, 2.05) is 6.92 Å². The molecule has 0 spiro atoms. The quantitative estimate of drug-likeness (QED) is 0.750. The van der Waals surface area contributed by atoms with Crippen molar-refractivity contribution in [1.29, 1.82) is 0 Å². The van der Waals surface area contributed by atoms with Crippen LogP contribution in [0.1, 0.15) is 52.9 Å². The highest BCUT2D eigenvalue weighted by molar-refractivity contribution is 5.76. The van der Waals surface area contributed by atoms with Gasteiger partial charge < -0.3 is 15.2 Å². The van der Waals surface area contributed by atoms with Crippen molar-refractivity contribution in [2.45, 2.75) is 70.6 Å². The summed E-state index contributed by atoms with van der Waals surface area (Å²) in [5, 5.41) is 12.4. The highest BCUT2D eigenvalue weighted by Gasteiger charge is 2.28. The van der Waals surface area contributed by atoms with Crippen LogP contribution in [0, 0.1) is 0 Å². The lowest BCUT2D eigenvalue weighted by Crippen LogP contribution is -2.44. The smallest absolute Gasteiger partial charge is 0.335 e. The zero-order valence-corrected chi connectivity index (χ0v) is 11.2. The van der Waals surface area contributed by atoms with Crippen molar-refractivity contribution in [1.82, 2.24) is 5.32 Å². The van der Waals surface area contributed by atoms with Crippen LogP contribution < -0.4 is 5.32 Å². The maximum absolute atomic E-state index is 10.9. The van der Waals surface area contributed by atoms with Gasteiger partial charge in [-0.15, -0.1) is 0 Å². The number of carbonyl (C=O) groups is 1. The predicted octanol–water partition coefficient (Wildman–Crippen LogP) is 2.18. The molecule has 100 valence electrons. The summed E-state index contributed by atoms with van der Waals surface area (Å²) in [5.41, 5.74) is -1.09. The normalized spacial score (nSPS) is 20.2. The van der Waals surface area contributed by atoms with E-state index in [0.717, 1.165) is 0 Å². The van der Waals surface area contributed by atoms with Gasteiger partial charge in [0.1, 0.15) is 0 Å². The summed E-state index contributed by atoms with van der Waals surface area (Å²) < 4.78 is 5.43. The Labute approximate surface area is 104 Å². The highest BCUT2D eigenvalue weighted by Crippen LogP contribution is 2.18. The van der Waals surface area contributed by atoms with E-state index >= 15 is 0 Å². The molecule has 0 aromatic rings. The molecule has 0 heterocycles. The third-order valence-electron chi connectivity index (χ3n) is 3.33. The standard InChI is InChI=1S/C13H25NO3/c1-10(9-17-13(2,3)12(15)16)14-11-7-5-4-6-8-11/h10-11,14H,4-9H2,1-3H3,(H,15,16)/t10-/m1/s1. The molecule has 1 fully saturated rings. The van der Waals surface area contributed by atoms with Crippen molar-refractivity contribution in [3.8, 4) is 0 Å². The molecule has 0 aromatic heterocycles. The van der Waals surface area contributed by atoms with E-state index in [-0.39, 0.29) is 6.04 Å². The monoisotopic (exact) mass is 243 g/mol. The molecule has 2 N–H and O–H groups in total. The van der Waals surface area contributed by atoms with Crippen LogP contribution in [0.15, 0.2) is 0 Å². The average Bonchev–Trinajstić information content (AvgIpc) is 2.28. The van der Waals surface area contributed by atoms with Gasteiger partial charge in [-0.05, 0) is 33.6 Å². The van der Waals surface area contributed by atoms with Gasteiger partial charge in [0, 0.05) is 12.1 Å². The Morgan fingerprint density at radius 3 is 2.53 bits per heavy atom. The zero-order chi connectivity index (χ0) is 12.9. The van der Waals surface area contributed by atoms with Gasteiger partial charge in [0.25, 0.3) is 0 Å². The van der Waals surface area contributed by atoms with Crippen molar-refractivity contribution in [3.63, 3.8) is 0 Å². The molecule has 0 radical (unpaired) electrons. The van der Waals surface area contributed by atoms with Crippen LogP contribution >= 0.6 is 0 Å². The van der Waals surface area contributed by atoms with Crippen molar-refractivity contribution in [3.05, 3.63) is 0 Å². The van der Waals surface area contributed by atoms with Gasteiger partial charge in [-0.3, -0.25) is 0 Å². The van der Waals surface area contributed by atoms with Crippen molar-refractivity contribution in [2.75, 3.05) is 6.61 Å². The second-order valence-corrected chi connectivity index (χ2v) is 5.53. The molecule has 1 rings (SSSR count). The van der Waals surface area contributed by atoms with Crippen LogP contribution in [0.3, 0.4) is 0 Å². The first kappa shape index (κ1) is 14.5. The van der Waals surface area contributed by atoms with E-state index < -0.39 is 11.6 Å². The number of hydrogen-bond acceptors (Lipinski definition) is 3. The van der Waals surface area contributed by atoms with Gasteiger partial charge in [0.15, 0.2) is 5.60 Å². The maximum atomic E-state index is 10.9. The van der Waals surface area contributed by atoms with Crippen LogP contribution in [0.2, 0.25) is 0 Å². The fourth-order valence-electron chi connectivity index (χ4n) is 2.11. The highest BCUT2D eigenvalue weighted by atomic mass is 16.5. The first-order valence-electron chi connectivity index (χ1n) is 6.55. The lowest BCUT2D eigenvalue weighted by molar-refractivity contribution is -0.161. The molecule has 17 heavy (non-hydrogen) atoms. The molecule has 0 aliphatic heterocycles. The summed E-state index contributed by atoms with van der Waals surface area (Å²) >= 11 is 0. The third-order valence-corrected chi connectivity index (χ3v) is 3.33. The molecule has 0 unspecified atom stereocenters. The minimum absolute atomic E-state index is 0.205. The molecular weight excluding hydrogens is 218 g/mol. The number of carboxylic acid groups (broad SMARTS) is 1. The Bertz CT molecular complexity index is 247. The van der Waals surface area contributed by atoms with E-state index in [4.69, 9.17) is 9.84 Å². The summed E-state index contributed by atoms with van der Waals surface area (Å²) in [4.78, 5) is 10.9. The SMILES string of the molecule is C[C@H](COC(C)(C)C(=O)O)NC1CCCCC1. The van der Waals surface area contributed by atoms with E-state index in [2.05, 4.69) is 5.32 Å². The molecule has 1 aliphatic rings. The average molecular weight is 243 g/mol. The van der Waals surface area contributed by atoms with Gasteiger partial charge in [-0.1, -0.05) is 19.3 Å². The Hall–Kier alpha value is -0.610. The van der Waals surface area contributed by atoms with Gasteiger partial charge in [-0.2, -0.15) is 0 Å². The number of aliphatic carboxylic acids is 1. The van der Waals surface area contributed by atoms with Gasteiger partial charge in [0.2, 0.25) is 0 Å². The van der Waals surface area contributed by atoms with Crippen LogP contribution in [-0.2, 0) is 9.53 Å². The summed E-state index contributed by atoms with van der Waals surface area (Å²) in [6.45, 7) is 5.66. The summed E-state index contributed by atoms with van der Waals surface area (Å²) in [6, 6.07) is 0.784. The summed E-state index contributed by atoms with van der Waals surface area (Å²) in [6.07, 6.45) is 6.39. The first-order valence-corrected chi connectivity index (χ1v) is 6.55. The minimum atomic E-state index is -1.09. The van der Waals surface area contributed by atoms with E-state index in [0.29, 0.717) is 12.6 Å². The van der Waals surface area contributed by atoms with E-state index in [1.54, 1.807) is 13.8 Å². The molecule has 1 aliphatic carbocycles. The fraction of sp³-hybridized carbons (Fsp3) is 0.923. The second-order valence-electron chi connectivity index (χ2n) is 5.53. The molecule has 0 aromatic carbocycles. The summed E-state index contributed by atoms with van der Waals surface area (Å²) in [5.74, 6) is -0.914. The topological polar surface area (TPSA) is 58.6 Å². The minimum Gasteiger partial charge on any atom is -0.479 e. The maximum Gasteiger partial charge on any atom is 0.335 e. The van der Waals surface area contributed by atoms with Crippen LogP contribution in [0.5, 0.6) is 0 Å². The number of carboxylic acids is 1. The molecule has 4 nitrogen and oxygen atoms in total. The zero-order valence-electron chi connectivity index (χ0n) is 11.2. The molecule has 1 saturated carbocycles. The lowest BCUT2D eigenvalue weighted by Gasteiger charge is -2.28. The third kappa shape index (κ3) is 5.04. The van der Waals surface area contributed by atoms with Crippen molar-refractivity contribution < 1.29 is 14.6 Å². The number of hydrogen-bond donors (Lipinski definition) is 2. The Balaban J connectivity index is 2.24. The second kappa shape index (κ2) is 6.36. The molecule has 4 heteroatoms. The molecule has 1 atom stereocenters.